The van der Waals surface area contributed by atoms with E-state index in [-0.39, 0.29) is 19.4 Å². The van der Waals surface area contributed by atoms with E-state index in [1.807, 2.05) is 6.92 Å². The minimum Gasteiger partial charge on any atom is -0.462 e. The highest BCUT2D eigenvalue weighted by Crippen LogP contribution is 2.35. The fourth-order valence-electron chi connectivity index (χ4n) is 1.52. The summed E-state index contributed by atoms with van der Waals surface area (Å²) in [6, 6.07) is 0. The van der Waals surface area contributed by atoms with E-state index in [0.29, 0.717) is 12.8 Å². The van der Waals surface area contributed by atoms with Gasteiger partial charge >= 0.3 is 19.8 Å². The molecule has 0 bridgehead atoms. The predicted octanol–water partition coefficient (Wildman–Crippen LogP) is 1.93. The van der Waals surface area contributed by atoms with Gasteiger partial charge in [-0.05, 0) is 12.8 Å². The van der Waals surface area contributed by atoms with Gasteiger partial charge in [0.2, 0.25) is 0 Å². The highest BCUT2D eigenvalue weighted by Gasteiger charge is 2.22. The molecule has 0 saturated carbocycles. The van der Waals surface area contributed by atoms with E-state index in [9.17, 15) is 14.2 Å². The van der Waals surface area contributed by atoms with Crippen LogP contribution in [0.5, 0.6) is 0 Å². The summed E-state index contributed by atoms with van der Waals surface area (Å²) in [6.45, 7) is 2.96. The van der Waals surface area contributed by atoms with Gasteiger partial charge in [0.1, 0.15) is 6.61 Å². The van der Waals surface area contributed by atoms with Crippen molar-refractivity contribution >= 4 is 19.8 Å². The van der Waals surface area contributed by atoms with E-state index < -0.39 is 32.5 Å². The Morgan fingerprint density at radius 3 is 2.23 bits per heavy atom. The molecule has 0 aromatic heterocycles. The lowest BCUT2D eigenvalue weighted by atomic mass is 10.2. The van der Waals surface area contributed by atoms with Gasteiger partial charge in [-0.15, -0.1) is 0 Å². The number of hydrogen-bond donors (Lipinski definition) is 2. The summed E-state index contributed by atoms with van der Waals surface area (Å²) in [5, 5.41) is 0. The van der Waals surface area contributed by atoms with E-state index in [0.717, 1.165) is 12.8 Å². The Bertz CT molecular complexity index is 378. The van der Waals surface area contributed by atoms with Crippen molar-refractivity contribution in [2.75, 3.05) is 13.2 Å². The highest BCUT2D eigenvalue weighted by molar-refractivity contribution is 7.46. The Labute approximate surface area is 130 Å². The fourth-order valence-corrected chi connectivity index (χ4v) is 1.88. The summed E-state index contributed by atoms with van der Waals surface area (Å²) >= 11 is 0. The summed E-state index contributed by atoms with van der Waals surface area (Å²) in [5.41, 5.74) is 0. The molecule has 0 aromatic carbocycles. The maximum Gasteiger partial charge on any atom is 0.469 e. The molecule has 2 N–H and O–H groups in total. The largest absolute Gasteiger partial charge is 0.469 e. The maximum absolute atomic E-state index is 11.5. The van der Waals surface area contributed by atoms with E-state index in [4.69, 9.17) is 19.3 Å². The molecule has 22 heavy (non-hydrogen) atoms. The lowest BCUT2D eigenvalue weighted by molar-refractivity contribution is -0.161. The van der Waals surface area contributed by atoms with Gasteiger partial charge in [0.15, 0.2) is 6.10 Å². The molecular formula is C13H25O8P. The van der Waals surface area contributed by atoms with Crippen molar-refractivity contribution in [2.24, 2.45) is 0 Å². The number of ether oxygens (including phenoxy) is 2. The zero-order valence-corrected chi connectivity index (χ0v) is 13.9. The first-order chi connectivity index (χ1) is 10.3. The Hall–Kier alpha value is -0.950. The molecule has 0 unspecified atom stereocenters. The van der Waals surface area contributed by atoms with Crippen molar-refractivity contribution in [2.45, 2.75) is 58.5 Å². The van der Waals surface area contributed by atoms with Gasteiger partial charge in [-0.2, -0.15) is 0 Å². The lowest BCUT2D eigenvalue weighted by Gasteiger charge is -2.18. The molecule has 1 atom stereocenters. The van der Waals surface area contributed by atoms with Crippen molar-refractivity contribution in [1.82, 2.24) is 0 Å². The Kier molecular flexibility index (Phi) is 11.1. The summed E-state index contributed by atoms with van der Waals surface area (Å²) in [5.74, 6) is -0.981. The monoisotopic (exact) mass is 340 g/mol. The number of phosphoric ester groups is 1. The summed E-state index contributed by atoms with van der Waals surface area (Å²) in [7, 11) is -4.68. The summed E-state index contributed by atoms with van der Waals surface area (Å²) in [4.78, 5) is 40.2. The van der Waals surface area contributed by atoms with Crippen LogP contribution in [-0.2, 0) is 28.2 Å². The first-order valence-electron chi connectivity index (χ1n) is 7.33. The average Bonchev–Trinajstić information content (AvgIpc) is 2.41. The Balaban J connectivity index is 4.29. The SMILES string of the molecule is CCCCCC(=O)OC[C@H](COP(=O)(O)O)OC(=O)CCC. The zero-order chi connectivity index (χ0) is 17.0. The van der Waals surface area contributed by atoms with Gasteiger partial charge in [-0.1, -0.05) is 26.7 Å². The molecule has 0 aliphatic rings. The lowest BCUT2D eigenvalue weighted by Crippen LogP contribution is -2.29. The number of esters is 2. The van der Waals surface area contributed by atoms with Crippen LogP contribution in [0.2, 0.25) is 0 Å². The fraction of sp³-hybridized carbons (Fsp3) is 0.846. The first-order valence-corrected chi connectivity index (χ1v) is 8.86. The molecule has 0 aliphatic carbocycles. The van der Waals surface area contributed by atoms with Crippen molar-refractivity contribution in [1.29, 1.82) is 0 Å². The zero-order valence-electron chi connectivity index (χ0n) is 13.0. The van der Waals surface area contributed by atoms with Crippen LogP contribution < -0.4 is 0 Å². The number of hydrogen-bond acceptors (Lipinski definition) is 6. The number of carbonyl (C=O) groups is 2. The van der Waals surface area contributed by atoms with Crippen LogP contribution in [0.15, 0.2) is 0 Å². The van der Waals surface area contributed by atoms with Crippen LogP contribution in [0.25, 0.3) is 0 Å². The number of rotatable bonds is 12. The molecule has 0 heterocycles. The average molecular weight is 340 g/mol. The molecular weight excluding hydrogens is 315 g/mol. The molecule has 0 radical (unpaired) electrons. The second-order valence-electron chi connectivity index (χ2n) is 4.79. The maximum atomic E-state index is 11.5. The van der Waals surface area contributed by atoms with Crippen molar-refractivity contribution < 1.29 is 37.9 Å². The standard InChI is InChI=1S/C13H25O8P/c1-3-5-6-8-12(14)19-9-11(10-20-22(16,17)18)21-13(15)7-4-2/h11H,3-10H2,1-2H3,(H2,16,17,18)/t11-/m1/s1. The summed E-state index contributed by atoms with van der Waals surface area (Å²) < 4.78 is 24.9. The van der Waals surface area contributed by atoms with Crippen LogP contribution in [0.1, 0.15) is 52.4 Å². The van der Waals surface area contributed by atoms with E-state index in [2.05, 4.69) is 4.52 Å². The molecule has 0 saturated heterocycles. The topological polar surface area (TPSA) is 119 Å². The van der Waals surface area contributed by atoms with Crippen LogP contribution in [0, 0.1) is 0 Å². The smallest absolute Gasteiger partial charge is 0.462 e. The van der Waals surface area contributed by atoms with Gasteiger partial charge in [0.25, 0.3) is 0 Å². The van der Waals surface area contributed by atoms with Gasteiger partial charge in [0.05, 0.1) is 6.61 Å². The third-order valence-electron chi connectivity index (χ3n) is 2.60. The number of phosphoric acid groups is 1. The van der Waals surface area contributed by atoms with Gasteiger partial charge in [-0.3, -0.25) is 14.1 Å². The third-order valence-corrected chi connectivity index (χ3v) is 3.08. The number of carbonyl (C=O) groups excluding carboxylic acids is 2. The minimum atomic E-state index is -4.68. The molecule has 0 rings (SSSR count). The van der Waals surface area contributed by atoms with Crippen molar-refractivity contribution in [3.63, 3.8) is 0 Å². The second-order valence-corrected chi connectivity index (χ2v) is 6.03. The van der Waals surface area contributed by atoms with E-state index >= 15 is 0 Å². The van der Waals surface area contributed by atoms with Crippen LogP contribution in [0.3, 0.4) is 0 Å². The van der Waals surface area contributed by atoms with Gasteiger partial charge < -0.3 is 19.3 Å². The number of unbranched alkanes of at least 4 members (excludes halogenated alkanes) is 2. The van der Waals surface area contributed by atoms with Crippen LogP contribution in [0.4, 0.5) is 0 Å². The van der Waals surface area contributed by atoms with Crippen LogP contribution >= 0.6 is 7.82 Å². The molecule has 0 fully saturated rings. The molecule has 9 heteroatoms. The minimum absolute atomic E-state index is 0.164. The summed E-state index contributed by atoms with van der Waals surface area (Å²) in [6.07, 6.45) is 2.53. The normalized spacial score (nSPS) is 12.7. The van der Waals surface area contributed by atoms with E-state index in [1.165, 1.54) is 0 Å². The first kappa shape index (κ1) is 21.0. The Morgan fingerprint density at radius 2 is 1.68 bits per heavy atom. The highest BCUT2D eigenvalue weighted by atomic mass is 31.2. The molecule has 0 amide bonds. The van der Waals surface area contributed by atoms with E-state index in [1.54, 1.807) is 6.92 Å². The van der Waals surface area contributed by atoms with Gasteiger partial charge in [0, 0.05) is 12.8 Å². The van der Waals surface area contributed by atoms with Crippen molar-refractivity contribution in [3.8, 4) is 0 Å². The predicted molar refractivity (Wildman–Crippen MR) is 77.9 cm³/mol. The van der Waals surface area contributed by atoms with Crippen LogP contribution in [-0.4, -0.2) is 41.0 Å². The van der Waals surface area contributed by atoms with Gasteiger partial charge in [-0.25, -0.2) is 4.57 Å². The Morgan fingerprint density at radius 1 is 1.00 bits per heavy atom. The van der Waals surface area contributed by atoms with Crippen molar-refractivity contribution in [3.05, 3.63) is 0 Å². The quantitative estimate of drug-likeness (QED) is 0.314. The molecule has 0 spiro atoms. The molecule has 0 aromatic rings. The molecule has 0 aliphatic heterocycles. The second kappa shape index (κ2) is 11.6. The third kappa shape index (κ3) is 12.8. The molecule has 130 valence electrons. The molecule has 8 nitrogen and oxygen atoms in total.